The van der Waals surface area contributed by atoms with Gasteiger partial charge in [0.05, 0.1) is 16.1 Å². The number of amides is 1. The highest BCUT2D eigenvalue weighted by Crippen LogP contribution is 2.23. The number of hydrogen-bond acceptors (Lipinski definition) is 6. The molecule has 9 heteroatoms. The van der Waals surface area contributed by atoms with Gasteiger partial charge in [-0.1, -0.05) is 29.4 Å². The first-order valence-corrected chi connectivity index (χ1v) is 7.65. The number of nitrogens with zero attached hydrogens (tertiary/aromatic N) is 3. The van der Waals surface area contributed by atoms with E-state index in [0.29, 0.717) is 16.4 Å². The molecule has 2 aromatic rings. The van der Waals surface area contributed by atoms with Crippen LogP contribution in [0.2, 0.25) is 5.02 Å². The lowest BCUT2D eigenvalue weighted by Crippen LogP contribution is -2.15. The smallest absolute Gasteiger partial charge is 0.275 e. The summed E-state index contributed by atoms with van der Waals surface area (Å²) >= 11 is 7.19. The van der Waals surface area contributed by atoms with E-state index in [2.05, 4.69) is 15.3 Å². The van der Waals surface area contributed by atoms with E-state index >= 15 is 0 Å². The molecule has 0 atom stereocenters. The van der Waals surface area contributed by atoms with E-state index in [9.17, 15) is 14.9 Å². The highest BCUT2D eigenvalue weighted by atomic mass is 35.5. The van der Waals surface area contributed by atoms with Gasteiger partial charge in [0.1, 0.15) is 0 Å². The van der Waals surface area contributed by atoms with E-state index in [1.165, 1.54) is 24.0 Å². The second-order valence-corrected chi connectivity index (χ2v) is 5.45. The van der Waals surface area contributed by atoms with E-state index < -0.39 is 10.8 Å². The Kier molecular flexibility index (Phi) is 4.94. The van der Waals surface area contributed by atoms with Crippen molar-refractivity contribution >= 4 is 40.6 Å². The molecule has 1 heterocycles. The predicted molar refractivity (Wildman–Crippen MR) is 84.6 cm³/mol. The van der Waals surface area contributed by atoms with E-state index in [-0.39, 0.29) is 16.4 Å². The van der Waals surface area contributed by atoms with Gasteiger partial charge < -0.3 is 5.32 Å². The summed E-state index contributed by atoms with van der Waals surface area (Å²) in [6.07, 6.45) is 3.11. The molecule has 0 saturated heterocycles. The van der Waals surface area contributed by atoms with Crippen molar-refractivity contribution in [2.45, 2.75) is 12.1 Å². The second kappa shape index (κ2) is 6.71. The van der Waals surface area contributed by atoms with Crippen LogP contribution in [0.5, 0.6) is 0 Å². The molecule has 2 rings (SSSR count). The number of hydrogen-bond donors (Lipinski definition) is 1. The zero-order chi connectivity index (χ0) is 16.3. The number of carbonyl (C=O) groups excluding carboxylic acids is 1. The van der Waals surface area contributed by atoms with Gasteiger partial charge >= 0.3 is 0 Å². The molecule has 0 fully saturated rings. The Morgan fingerprint density at radius 2 is 2.18 bits per heavy atom. The third-order valence-corrected chi connectivity index (χ3v) is 3.62. The summed E-state index contributed by atoms with van der Waals surface area (Å²) in [6, 6.07) is 4.42. The summed E-state index contributed by atoms with van der Waals surface area (Å²) in [5, 5.41) is 14.0. The Labute approximate surface area is 135 Å². The Morgan fingerprint density at radius 1 is 1.45 bits per heavy atom. The van der Waals surface area contributed by atoms with Gasteiger partial charge in [-0.05, 0) is 19.2 Å². The lowest BCUT2D eigenvalue weighted by molar-refractivity contribution is -0.385. The largest absolute Gasteiger partial charge is 0.320 e. The molecular weight excluding hydrogens is 328 g/mol. The molecule has 0 aliphatic heterocycles. The van der Waals surface area contributed by atoms with E-state index in [4.69, 9.17) is 11.6 Å². The molecule has 0 aliphatic carbocycles. The topological polar surface area (TPSA) is 98.0 Å². The minimum absolute atomic E-state index is 0.0178. The normalized spacial score (nSPS) is 10.3. The first kappa shape index (κ1) is 16.2. The molecule has 1 aromatic heterocycles. The lowest BCUT2D eigenvalue weighted by Gasteiger charge is -2.07. The van der Waals surface area contributed by atoms with Crippen LogP contribution >= 0.6 is 23.4 Å². The molecule has 0 spiro atoms. The van der Waals surface area contributed by atoms with Crippen molar-refractivity contribution in [3.63, 3.8) is 0 Å². The van der Waals surface area contributed by atoms with Gasteiger partial charge in [0.15, 0.2) is 10.9 Å². The molecule has 0 radical (unpaired) electrons. The molecule has 114 valence electrons. The van der Waals surface area contributed by atoms with Crippen LogP contribution < -0.4 is 5.32 Å². The standard InChI is InChI=1S/C13H11ClN4O3S/c1-7-3-4-8(5-10(7)18(20)21)16-12(19)11-9(14)6-15-13(17-11)22-2/h3-6H,1-2H3,(H,16,19). The zero-order valence-electron chi connectivity index (χ0n) is 11.7. The fourth-order valence-corrected chi connectivity index (χ4v) is 2.20. The second-order valence-electron chi connectivity index (χ2n) is 4.27. The average molecular weight is 339 g/mol. The molecular formula is C13H11ClN4O3S. The Bertz CT molecular complexity index is 754. The van der Waals surface area contributed by atoms with Crippen LogP contribution in [0, 0.1) is 17.0 Å². The van der Waals surface area contributed by atoms with Gasteiger partial charge in [0, 0.05) is 17.3 Å². The van der Waals surface area contributed by atoms with Gasteiger partial charge in [0.2, 0.25) is 0 Å². The number of halogens is 1. The number of nitrogens with one attached hydrogen (secondary N) is 1. The number of thioether (sulfide) groups is 1. The SMILES string of the molecule is CSc1ncc(Cl)c(C(=O)Nc2ccc(C)c([N+](=O)[O-])c2)n1. The van der Waals surface area contributed by atoms with Gasteiger partial charge in [-0.3, -0.25) is 14.9 Å². The molecule has 0 bridgehead atoms. The Morgan fingerprint density at radius 3 is 2.82 bits per heavy atom. The number of nitro benzene ring substituents is 1. The summed E-state index contributed by atoms with van der Waals surface area (Å²) in [6.45, 7) is 1.62. The maximum atomic E-state index is 12.2. The van der Waals surface area contributed by atoms with Gasteiger partial charge in [-0.2, -0.15) is 0 Å². The zero-order valence-corrected chi connectivity index (χ0v) is 13.2. The molecule has 1 N–H and O–H groups in total. The summed E-state index contributed by atoms with van der Waals surface area (Å²) in [5.74, 6) is -0.555. The number of aryl methyl sites for hydroxylation is 1. The van der Waals surface area contributed by atoms with Crippen molar-refractivity contribution < 1.29 is 9.72 Å². The predicted octanol–water partition coefficient (Wildman–Crippen LogP) is 3.32. The third kappa shape index (κ3) is 3.52. The van der Waals surface area contributed by atoms with E-state index in [1.54, 1.807) is 25.3 Å². The van der Waals surface area contributed by atoms with Crippen molar-refractivity contribution in [1.82, 2.24) is 9.97 Å². The Hall–Kier alpha value is -2.19. The first-order valence-electron chi connectivity index (χ1n) is 6.05. The van der Waals surface area contributed by atoms with Crippen LogP contribution in [-0.4, -0.2) is 27.1 Å². The molecule has 1 amide bonds. The van der Waals surface area contributed by atoms with Crippen LogP contribution in [0.3, 0.4) is 0 Å². The highest BCUT2D eigenvalue weighted by Gasteiger charge is 2.16. The van der Waals surface area contributed by atoms with Gasteiger partial charge in [-0.25, -0.2) is 9.97 Å². The van der Waals surface area contributed by atoms with Crippen LogP contribution in [-0.2, 0) is 0 Å². The van der Waals surface area contributed by atoms with Crippen molar-refractivity contribution in [2.75, 3.05) is 11.6 Å². The third-order valence-electron chi connectivity index (χ3n) is 2.78. The molecule has 1 aromatic carbocycles. The molecule has 7 nitrogen and oxygen atoms in total. The molecule has 0 unspecified atom stereocenters. The quantitative estimate of drug-likeness (QED) is 0.397. The number of rotatable bonds is 4. The number of anilines is 1. The molecule has 0 aliphatic rings. The van der Waals surface area contributed by atoms with Crippen LogP contribution in [0.15, 0.2) is 29.6 Å². The fraction of sp³-hybridized carbons (Fsp3) is 0.154. The van der Waals surface area contributed by atoms with Crippen LogP contribution in [0.1, 0.15) is 16.1 Å². The number of benzene rings is 1. The lowest BCUT2D eigenvalue weighted by atomic mass is 10.2. The van der Waals surface area contributed by atoms with Crippen molar-refractivity contribution in [3.05, 3.63) is 50.8 Å². The molecule has 22 heavy (non-hydrogen) atoms. The van der Waals surface area contributed by atoms with E-state index in [0.717, 1.165) is 0 Å². The van der Waals surface area contributed by atoms with Gasteiger partial charge in [-0.15, -0.1) is 0 Å². The molecule has 0 saturated carbocycles. The van der Waals surface area contributed by atoms with Crippen molar-refractivity contribution in [3.8, 4) is 0 Å². The van der Waals surface area contributed by atoms with Gasteiger partial charge in [0.25, 0.3) is 11.6 Å². The van der Waals surface area contributed by atoms with Crippen LogP contribution in [0.25, 0.3) is 0 Å². The summed E-state index contributed by atoms with van der Waals surface area (Å²) in [7, 11) is 0. The van der Waals surface area contributed by atoms with Crippen molar-refractivity contribution in [1.29, 1.82) is 0 Å². The minimum Gasteiger partial charge on any atom is -0.320 e. The summed E-state index contributed by atoms with van der Waals surface area (Å²) in [5.41, 5.74) is 0.746. The number of aromatic nitrogens is 2. The summed E-state index contributed by atoms with van der Waals surface area (Å²) < 4.78 is 0. The maximum absolute atomic E-state index is 12.2. The average Bonchev–Trinajstić information content (AvgIpc) is 2.49. The number of nitro groups is 1. The summed E-state index contributed by atoms with van der Waals surface area (Å²) in [4.78, 5) is 30.6. The first-order chi connectivity index (χ1) is 10.4. The van der Waals surface area contributed by atoms with Crippen LogP contribution in [0.4, 0.5) is 11.4 Å². The van der Waals surface area contributed by atoms with Crippen molar-refractivity contribution in [2.24, 2.45) is 0 Å². The minimum atomic E-state index is -0.555. The Balaban J connectivity index is 2.29. The number of carbonyl (C=O) groups is 1. The highest BCUT2D eigenvalue weighted by molar-refractivity contribution is 7.98. The monoisotopic (exact) mass is 338 g/mol. The van der Waals surface area contributed by atoms with E-state index in [1.807, 2.05) is 0 Å². The maximum Gasteiger partial charge on any atom is 0.275 e. The fourth-order valence-electron chi connectivity index (χ4n) is 1.68.